The normalized spacial score (nSPS) is 20.1. The summed E-state index contributed by atoms with van der Waals surface area (Å²) in [6.45, 7) is 8.16. The molecule has 1 atom stereocenters. The first-order valence-electron chi connectivity index (χ1n) is 5.43. The van der Waals surface area contributed by atoms with Gasteiger partial charge in [0.15, 0.2) is 0 Å². The van der Waals surface area contributed by atoms with Crippen LogP contribution in [0.1, 0.15) is 20.3 Å². The molecule has 1 rings (SSSR count). The van der Waals surface area contributed by atoms with Crippen molar-refractivity contribution in [1.29, 1.82) is 0 Å². The largest absolute Gasteiger partial charge is 0.330 e. The molecule has 2 N–H and O–H groups in total. The molecule has 1 heterocycles. The highest BCUT2D eigenvalue weighted by atomic mass is 16.2. The maximum absolute atomic E-state index is 11.8. The van der Waals surface area contributed by atoms with Crippen LogP contribution in [0.25, 0.3) is 0 Å². The van der Waals surface area contributed by atoms with E-state index in [1.165, 1.54) is 0 Å². The van der Waals surface area contributed by atoms with Gasteiger partial charge >= 0.3 is 6.03 Å². The molecule has 1 saturated heterocycles. The molecule has 14 heavy (non-hydrogen) atoms. The molecule has 0 spiro atoms. The summed E-state index contributed by atoms with van der Waals surface area (Å²) >= 11 is 0. The monoisotopic (exact) mass is 199 g/mol. The second-order valence-corrected chi connectivity index (χ2v) is 4.00. The maximum atomic E-state index is 11.8. The van der Waals surface area contributed by atoms with E-state index in [4.69, 9.17) is 5.73 Å². The van der Waals surface area contributed by atoms with Crippen LogP contribution in [0.2, 0.25) is 0 Å². The number of nitrogens with zero attached hydrogens (tertiary/aromatic N) is 2. The van der Waals surface area contributed by atoms with Crippen molar-refractivity contribution in [2.75, 3.05) is 32.7 Å². The average Bonchev–Trinajstić information content (AvgIpc) is 2.21. The topological polar surface area (TPSA) is 49.6 Å². The Labute approximate surface area is 86.0 Å². The van der Waals surface area contributed by atoms with E-state index in [9.17, 15) is 4.79 Å². The fourth-order valence-corrected chi connectivity index (χ4v) is 1.76. The van der Waals surface area contributed by atoms with Gasteiger partial charge in [-0.15, -0.1) is 0 Å². The van der Waals surface area contributed by atoms with E-state index in [2.05, 4.69) is 6.92 Å². The van der Waals surface area contributed by atoms with Crippen molar-refractivity contribution in [3.8, 4) is 0 Å². The molecular weight excluding hydrogens is 178 g/mol. The van der Waals surface area contributed by atoms with Crippen molar-refractivity contribution in [2.24, 2.45) is 11.7 Å². The van der Waals surface area contributed by atoms with Crippen LogP contribution in [0.5, 0.6) is 0 Å². The highest BCUT2D eigenvalue weighted by Gasteiger charge is 2.24. The Morgan fingerprint density at radius 2 is 2.07 bits per heavy atom. The third-order valence-corrected chi connectivity index (χ3v) is 2.71. The Kier molecular flexibility index (Phi) is 4.20. The maximum Gasteiger partial charge on any atom is 0.320 e. The zero-order valence-electron chi connectivity index (χ0n) is 9.20. The van der Waals surface area contributed by atoms with Gasteiger partial charge in [-0.3, -0.25) is 0 Å². The Balaban J connectivity index is 2.47. The van der Waals surface area contributed by atoms with Gasteiger partial charge in [-0.1, -0.05) is 6.92 Å². The third-order valence-electron chi connectivity index (χ3n) is 2.71. The smallest absolute Gasteiger partial charge is 0.320 e. The molecule has 0 aromatic rings. The van der Waals surface area contributed by atoms with Gasteiger partial charge in [0.2, 0.25) is 0 Å². The average molecular weight is 199 g/mol. The van der Waals surface area contributed by atoms with Crippen LogP contribution >= 0.6 is 0 Å². The molecule has 4 heteroatoms. The number of carbonyl (C=O) groups excluding carboxylic acids is 1. The molecule has 1 unspecified atom stereocenters. The van der Waals surface area contributed by atoms with E-state index < -0.39 is 0 Å². The van der Waals surface area contributed by atoms with Gasteiger partial charge < -0.3 is 15.5 Å². The Morgan fingerprint density at radius 3 is 2.64 bits per heavy atom. The zero-order valence-corrected chi connectivity index (χ0v) is 9.20. The summed E-state index contributed by atoms with van der Waals surface area (Å²) < 4.78 is 0. The minimum Gasteiger partial charge on any atom is -0.330 e. The van der Waals surface area contributed by atoms with Crippen LogP contribution in [-0.4, -0.2) is 48.6 Å². The quantitative estimate of drug-likeness (QED) is 0.725. The van der Waals surface area contributed by atoms with Crippen LogP contribution in [0, 0.1) is 5.92 Å². The first-order valence-corrected chi connectivity index (χ1v) is 5.43. The summed E-state index contributed by atoms with van der Waals surface area (Å²) in [4.78, 5) is 15.6. The Morgan fingerprint density at radius 1 is 1.43 bits per heavy atom. The van der Waals surface area contributed by atoms with Gasteiger partial charge in [0.1, 0.15) is 0 Å². The first-order chi connectivity index (χ1) is 6.69. The molecule has 0 aromatic heterocycles. The number of carbonyl (C=O) groups is 1. The van der Waals surface area contributed by atoms with E-state index in [1.54, 1.807) is 0 Å². The van der Waals surface area contributed by atoms with Gasteiger partial charge in [0.05, 0.1) is 0 Å². The van der Waals surface area contributed by atoms with Crippen molar-refractivity contribution in [3.05, 3.63) is 0 Å². The molecule has 0 aliphatic carbocycles. The summed E-state index contributed by atoms with van der Waals surface area (Å²) in [5, 5.41) is 0. The third kappa shape index (κ3) is 2.61. The Bertz CT molecular complexity index is 196. The van der Waals surface area contributed by atoms with Gasteiger partial charge in [0, 0.05) is 26.2 Å². The van der Waals surface area contributed by atoms with Gasteiger partial charge in [-0.2, -0.15) is 0 Å². The molecule has 0 bridgehead atoms. The summed E-state index contributed by atoms with van der Waals surface area (Å²) in [7, 11) is 0. The fraction of sp³-hybridized carbons (Fsp3) is 0.900. The number of rotatable bonds is 4. The highest BCUT2D eigenvalue weighted by Crippen LogP contribution is 2.10. The molecule has 1 aliphatic rings. The van der Waals surface area contributed by atoms with Gasteiger partial charge in [-0.25, -0.2) is 4.79 Å². The number of hydrogen-bond donors (Lipinski definition) is 1. The summed E-state index contributed by atoms with van der Waals surface area (Å²) in [6.07, 6.45) is 1.08. The van der Waals surface area contributed by atoms with Gasteiger partial charge in [-0.05, 0) is 25.8 Å². The van der Waals surface area contributed by atoms with Crippen molar-refractivity contribution >= 4 is 6.03 Å². The van der Waals surface area contributed by atoms with Crippen molar-refractivity contribution in [2.45, 2.75) is 20.3 Å². The van der Waals surface area contributed by atoms with Crippen molar-refractivity contribution in [1.82, 2.24) is 9.80 Å². The van der Waals surface area contributed by atoms with Crippen LogP contribution in [0.3, 0.4) is 0 Å². The molecular formula is C10H21N3O. The van der Waals surface area contributed by atoms with Crippen LogP contribution in [0.15, 0.2) is 0 Å². The summed E-state index contributed by atoms with van der Waals surface area (Å²) in [6, 6.07) is 0.180. The first kappa shape index (κ1) is 11.3. The molecule has 2 amide bonds. The molecule has 1 aliphatic heterocycles. The second-order valence-electron chi connectivity index (χ2n) is 4.00. The minimum absolute atomic E-state index is 0.180. The molecule has 0 radical (unpaired) electrons. The number of amides is 2. The van der Waals surface area contributed by atoms with E-state index >= 15 is 0 Å². The van der Waals surface area contributed by atoms with E-state index in [-0.39, 0.29) is 6.03 Å². The Hall–Kier alpha value is -0.770. The van der Waals surface area contributed by atoms with Gasteiger partial charge in [0.25, 0.3) is 0 Å². The highest BCUT2D eigenvalue weighted by molar-refractivity contribution is 5.75. The standard InChI is InChI=1S/C10H21N3O/c1-3-12-5-4-6-13(10(12)14)8-9(2)7-11/h9H,3-8,11H2,1-2H3. The molecule has 1 fully saturated rings. The number of urea groups is 1. The second kappa shape index (κ2) is 5.20. The molecule has 0 aromatic carbocycles. The lowest BCUT2D eigenvalue weighted by atomic mass is 10.1. The lowest BCUT2D eigenvalue weighted by Crippen LogP contribution is -2.50. The minimum atomic E-state index is 0.180. The predicted octanol–water partition coefficient (Wildman–Crippen LogP) is 0.729. The van der Waals surface area contributed by atoms with E-state index in [0.717, 1.165) is 32.6 Å². The summed E-state index contributed by atoms with van der Waals surface area (Å²) in [5.41, 5.74) is 5.55. The predicted molar refractivity (Wildman–Crippen MR) is 57.1 cm³/mol. The van der Waals surface area contributed by atoms with E-state index in [0.29, 0.717) is 12.5 Å². The molecule has 82 valence electrons. The van der Waals surface area contributed by atoms with Crippen LogP contribution in [0.4, 0.5) is 4.79 Å². The van der Waals surface area contributed by atoms with Crippen LogP contribution < -0.4 is 5.73 Å². The summed E-state index contributed by atoms with van der Waals surface area (Å²) in [5.74, 6) is 0.399. The van der Waals surface area contributed by atoms with E-state index in [1.807, 2.05) is 16.7 Å². The molecule has 4 nitrogen and oxygen atoms in total. The van der Waals surface area contributed by atoms with Crippen LogP contribution in [-0.2, 0) is 0 Å². The number of hydrogen-bond acceptors (Lipinski definition) is 2. The van der Waals surface area contributed by atoms with Crippen molar-refractivity contribution in [3.63, 3.8) is 0 Å². The SMILES string of the molecule is CCN1CCCN(CC(C)CN)C1=O. The molecule has 0 saturated carbocycles. The fourth-order valence-electron chi connectivity index (χ4n) is 1.76. The van der Waals surface area contributed by atoms with Crippen molar-refractivity contribution < 1.29 is 4.79 Å². The lowest BCUT2D eigenvalue weighted by Gasteiger charge is -2.36. The zero-order chi connectivity index (χ0) is 10.6. The lowest BCUT2D eigenvalue weighted by molar-refractivity contribution is 0.125. The number of nitrogens with two attached hydrogens (primary N) is 1.